The Labute approximate surface area is 130 Å². The van der Waals surface area contributed by atoms with Crippen LogP contribution in [0.1, 0.15) is 55.3 Å². The van der Waals surface area contributed by atoms with Gasteiger partial charge in [-0.15, -0.1) is 0 Å². The van der Waals surface area contributed by atoms with Crippen molar-refractivity contribution >= 4 is 0 Å². The molecule has 2 rings (SSSR count). The van der Waals surface area contributed by atoms with Gasteiger partial charge in [0.25, 0.3) is 0 Å². The Bertz CT molecular complexity index is 425. The van der Waals surface area contributed by atoms with Crippen molar-refractivity contribution in [3.63, 3.8) is 0 Å². The summed E-state index contributed by atoms with van der Waals surface area (Å²) in [5, 5.41) is 3.44. The molecule has 1 aliphatic rings. The molecule has 1 N–H and O–H groups in total. The second-order valence-electron chi connectivity index (χ2n) is 6.58. The molecule has 21 heavy (non-hydrogen) atoms. The van der Waals surface area contributed by atoms with Crippen LogP contribution in [0, 0.1) is 19.8 Å². The van der Waals surface area contributed by atoms with E-state index < -0.39 is 0 Å². The van der Waals surface area contributed by atoms with E-state index in [1.807, 2.05) is 0 Å². The topological polar surface area (TPSA) is 15.3 Å². The molecule has 2 heteroatoms. The van der Waals surface area contributed by atoms with Gasteiger partial charge in [0.1, 0.15) is 0 Å². The Morgan fingerprint density at radius 1 is 1.24 bits per heavy atom. The fourth-order valence-corrected chi connectivity index (χ4v) is 3.88. The van der Waals surface area contributed by atoms with Crippen LogP contribution in [0.2, 0.25) is 0 Å². The predicted molar refractivity (Wildman–Crippen MR) is 91.8 cm³/mol. The third kappa shape index (κ3) is 3.87. The first-order valence-electron chi connectivity index (χ1n) is 8.63. The maximum atomic E-state index is 3.44. The van der Waals surface area contributed by atoms with Gasteiger partial charge in [0, 0.05) is 6.04 Å². The van der Waals surface area contributed by atoms with Gasteiger partial charge in [-0.1, -0.05) is 31.5 Å². The Balaban J connectivity index is 2.39. The van der Waals surface area contributed by atoms with Crippen molar-refractivity contribution in [2.24, 2.45) is 5.92 Å². The number of nitrogens with one attached hydrogen (secondary N) is 1. The van der Waals surface area contributed by atoms with Gasteiger partial charge in [-0.3, -0.25) is 4.90 Å². The molecule has 0 amide bonds. The maximum absolute atomic E-state index is 3.44. The van der Waals surface area contributed by atoms with Gasteiger partial charge < -0.3 is 5.32 Å². The quantitative estimate of drug-likeness (QED) is 0.878. The van der Waals surface area contributed by atoms with Gasteiger partial charge in [-0.2, -0.15) is 0 Å². The first-order valence-corrected chi connectivity index (χ1v) is 8.63. The highest BCUT2D eigenvalue weighted by atomic mass is 15.2. The van der Waals surface area contributed by atoms with Gasteiger partial charge >= 0.3 is 0 Å². The van der Waals surface area contributed by atoms with Crippen molar-refractivity contribution in [2.45, 2.75) is 52.5 Å². The fraction of sp³-hybridized carbons (Fsp3) is 0.684. The molecule has 1 saturated heterocycles. The van der Waals surface area contributed by atoms with Crippen LogP contribution in [0.5, 0.6) is 0 Å². The number of likely N-dealkylation sites (tertiary alicyclic amines) is 1. The largest absolute Gasteiger partial charge is 0.319 e. The summed E-state index contributed by atoms with van der Waals surface area (Å²) in [6, 6.07) is 7.43. The second kappa shape index (κ2) is 7.95. The van der Waals surface area contributed by atoms with Crippen molar-refractivity contribution in [3.05, 3.63) is 34.9 Å². The lowest BCUT2D eigenvalue weighted by Gasteiger charge is -2.36. The minimum atomic E-state index is 0.583. The van der Waals surface area contributed by atoms with Crippen LogP contribution in [0.4, 0.5) is 0 Å². The average Bonchev–Trinajstić information content (AvgIpc) is 2.66. The standard InChI is InChI=1S/C19H32N2/c1-5-12-21-13-7-6-10-17(14-20-4)19(21)18-11-8-9-15(2)16(18)3/h8-9,11,17,19-20H,5-7,10,12-14H2,1-4H3. The lowest BCUT2D eigenvalue weighted by molar-refractivity contribution is 0.154. The van der Waals surface area contributed by atoms with Gasteiger partial charge in [-0.05, 0) is 82.4 Å². The van der Waals surface area contributed by atoms with Gasteiger partial charge in [0.05, 0.1) is 0 Å². The lowest BCUT2D eigenvalue weighted by Crippen LogP contribution is -2.37. The Hall–Kier alpha value is -0.860. The summed E-state index contributed by atoms with van der Waals surface area (Å²) in [5.74, 6) is 0.726. The summed E-state index contributed by atoms with van der Waals surface area (Å²) in [6.07, 6.45) is 5.31. The normalized spacial score (nSPS) is 24.0. The molecule has 1 heterocycles. The number of hydrogen-bond donors (Lipinski definition) is 1. The lowest BCUT2D eigenvalue weighted by atomic mass is 9.85. The highest BCUT2D eigenvalue weighted by Crippen LogP contribution is 2.37. The molecule has 0 bridgehead atoms. The summed E-state index contributed by atoms with van der Waals surface area (Å²) in [5.41, 5.74) is 4.48. The Morgan fingerprint density at radius 2 is 2.05 bits per heavy atom. The molecular weight excluding hydrogens is 256 g/mol. The number of hydrogen-bond acceptors (Lipinski definition) is 2. The molecule has 1 fully saturated rings. The minimum absolute atomic E-state index is 0.583. The van der Waals surface area contributed by atoms with Crippen LogP contribution in [0.3, 0.4) is 0 Å². The van der Waals surface area contributed by atoms with Crippen LogP contribution in [-0.4, -0.2) is 31.6 Å². The Kier molecular flexibility index (Phi) is 6.25. The second-order valence-corrected chi connectivity index (χ2v) is 6.58. The highest BCUT2D eigenvalue weighted by Gasteiger charge is 2.31. The molecule has 2 nitrogen and oxygen atoms in total. The monoisotopic (exact) mass is 288 g/mol. The SMILES string of the molecule is CCCN1CCCCC(CNC)C1c1cccc(C)c1C. The number of benzene rings is 1. The molecule has 0 aliphatic carbocycles. The van der Waals surface area contributed by atoms with Crippen LogP contribution >= 0.6 is 0 Å². The minimum Gasteiger partial charge on any atom is -0.319 e. The number of rotatable bonds is 5. The third-order valence-electron chi connectivity index (χ3n) is 5.05. The molecule has 0 spiro atoms. The van der Waals surface area contributed by atoms with Crippen LogP contribution in [0.25, 0.3) is 0 Å². The predicted octanol–water partition coefficient (Wildman–Crippen LogP) is 4.08. The van der Waals surface area contributed by atoms with E-state index in [0.29, 0.717) is 6.04 Å². The zero-order valence-corrected chi connectivity index (χ0v) is 14.3. The van der Waals surface area contributed by atoms with Crippen molar-refractivity contribution in [2.75, 3.05) is 26.7 Å². The molecule has 118 valence electrons. The van der Waals surface area contributed by atoms with E-state index in [2.05, 4.69) is 56.2 Å². The van der Waals surface area contributed by atoms with Gasteiger partial charge in [0.2, 0.25) is 0 Å². The first-order chi connectivity index (χ1) is 10.2. The van der Waals surface area contributed by atoms with Crippen molar-refractivity contribution < 1.29 is 0 Å². The molecule has 2 unspecified atom stereocenters. The zero-order chi connectivity index (χ0) is 15.2. The maximum Gasteiger partial charge on any atom is 0.0391 e. The van der Waals surface area contributed by atoms with E-state index in [4.69, 9.17) is 0 Å². The summed E-state index contributed by atoms with van der Waals surface area (Å²) < 4.78 is 0. The summed E-state index contributed by atoms with van der Waals surface area (Å²) in [6.45, 7) is 10.4. The molecule has 1 aliphatic heterocycles. The van der Waals surface area contributed by atoms with E-state index >= 15 is 0 Å². The van der Waals surface area contributed by atoms with E-state index in [9.17, 15) is 0 Å². The van der Waals surface area contributed by atoms with Crippen LogP contribution < -0.4 is 5.32 Å². The average molecular weight is 288 g/mol. The molecule has 0 aromatic heterocycles. The molecule has 2 atom stereocenters. The highest BCUT2D eigenvalue weighted by molar-refractivity contribution is 5.36. The van der Waals surface area contributed by atoms with Crippen LogP contribution in [0.15, 0.2) is 18.2 Å². The Morgan fingerprint density at radius 3 is 2.76 bits per heavy atom. The van der Waals surface area contributed by atoms with Crippen molar-refractivity contribution in [3.8, 4) is 0 Å². The molecule has 1 aromatic carbocycles. The molecule has 1 aromatic rings. The fourth-order valence-electron chi connectivity index (χ4n) is 3.88. The summed E-state index contributed by atoms with van der Waals surface area (Å²) in [7, 11) is 2.09. The smallest absolute Gasteiger partial charge is 0.0391 e. The third-order valence-corrected chi connectivity index (χ3v) is 5.05. The van der Waals surface area contributed by atoms with Gasteiger partial charge in [-0.25, -0.2) is 0 Å². The van der Waals surface area contributed by atoms with Gasteiger partial charge in [0.15, 0.2) is 0 Å². The van der Waals surface area contributed by atoms with Crippen LogP contribution in [-0.2, 0) is 0 Å². The first kappa shape index (κ1) is 16.5. The molecule has 0 radical (unpaired) electrons. The number of aryl methyl sites for hydroxylation is 1. The van der Waals surface area contributed by atoms with Crippen molar-refractivity contribution in [1.29, 1.82) is 0 Å². The van der Waals surface area contributed by atoms with E-state index in [0.717, 1.165) is 12.5 Å². The van der Waals surface area contributed by atoms with E-state index in [-0.39, 0.29) is 0 Å². The van der Waals surface area contributed by atoms with E-state index in [1.165, 1.54) is 49.9 Å². The summed E-state index contributed by atoms with van der Waals surface area (Å²) in [4.78, 5) is 2.75. The molecule has 0 saturated carbocycles. The zero-order valence-electron chi connectivity index (χ0n) is 14.3. The van der Waals surface area contributed by atoms with E-state index in [1.54, 1.807) is 5.56 Å². The summed E-state index contributed by atoms with van der Waals surface area (Å²) >= 11 is 0. The molecular formula is C19H32N2. The van der Waals surface area contributed by atoms with Crippen molar-refractivity contribution in [1.82, 2.24) is 10.2 Å². The number of nitrogens with zero attached hydrogens (tertiary/aromatic N) is 1.